The van der Waals surface area contributed by atoms with Crippen molar-refractivity contribution in [3.8, 4) is 0 Å². The van der Waals surface area contributed by atoms with Crippen LogP contribution in [0.1, 0.15) is 5.82 Å². The second-order valence-electron chi connectivity index (χ2n) is 2.19. The predicted molar refractivity (Wildman–Crippen MR) is 42.6 cm³/mol. The molecule has 1 aromatic rings. The smallest absolute Gasteiger partial charge is 0.354 e. The van der Waals surface area contributed by atoms with E-state index >= 15 is 0 Å². The number of aromatic nitrogens is 2. The minimum atomic E-state index is -1.28. The molecule has 1 rings (SSSR count). The molecule has 0 spiro atoms. The van der Waals surface area contributed by atoms with Gasteiger partial charge in [-0.2, -0.15) is 0 Å². The van der Waals surface area contributed by atoms with Crippen LogP contribution in [0.25, 0.3) is 0 Å². The topological polar surface area (TPSA) is 95.7 Å². The Labute approximate surface area is 73.6 Å². The molecule has 0 atom stereocenters. The summed E-state index contributed by atoms with van der Waals surface area (Å²) in [6.07, 6.45) is 2.88. The molecular weight excluding hydrogens is 174 g/mol. The minimum Gasteiger partial charge on any atom is -0.477 e. The van der Waals surface area contributed by atoms with Crippen LogP contribution in [0, 0.1) is 0 Å². The predicted octanol–water partition coefficient (Wildman–Crippen LogP) is -0.0661. The van der Waals surface area contributed by atoms with E-state index in [0.29, 0.717) is 5.82 Å². The summed E-state index contributed by atoms with van der Waals surface area (Å²) in [5.41, 5.74) is -0.383. The van der Waals surface area contributed by atoms with Crippen molar-refractivity contribution in [2.45, 2.75) is 6.42 Å². The van der Waals surface area contributed by atoms with Gasteiger partial charge in [-0.3, -0.25) is 0 Å². The standard InChI is InChI=1S/C7H7N3O3/c11-7(12)5(10-13)4-6-8-2-1-3-9-6/h1-3,13H,4H2,(H,11,12)/b10-5-. The molecular formula is C7H7N3O3. The average Bonchev–Trinajstić information content (AvgIpc) is 2.15. The van der Waals surface area contributed by atoms with Crippen LogP contribution < -0.4 is 0 Å². The van der Waals surface area contributed by atoms with Crippen molar-refractivity contribution in [1.82, 2.24) is 9.97 Å². The molecule has 68 valence electrons. The lowest BCUT2D eigenvalue weighted by Crippen LogP contribution is -2.17. The number of hydrogen-bond donors (Lipinski definition) is 2. The van der Waals surface area contributed by atoms with Crippen LogP contribution in [0.2, 0.25) is 0 Å². The summed E-state index contributed by atoms with van der Waals surface area (Å²) in [4.78, 5) is 18.0. The molecule has 0 aromatic carbocycles. The Kier molecular flexibility index (Phi) is 2.91. The third-order valence-electron chi connectivity index (χ3n) is 1.31. The van der Waals surface area contributed by atoms with Crippen molar-refractivity contribution in [2.75, 3.05) is 0 Å². The van der Waals surface area contributed by atoms with Gasteiger partial charge < -0.3 is 10.3 Å². The number of aliphatic carboxylic acids is 1. The fourth-order valence-electron chi connectivity index (χ4n) is 0.725. The quantitative estimate of drug-likeness (QED) is 0.386. The molecule has 6 heteroatoms. The van der Waals surface area contributed by atoms with Gasteiger partial charge in [0.2, 0.25) is 0 Å². The summed E-state index contributed by atoms with van der Waals surface area (Å²) >= 11 is 0. The molecule has 2 N–H and O–H groups in total. The van der Waals surface area contributed by atoms with Crippen molar-refractivity contribution in [3.05, 3.63) is 24.3 Å². The highest BCUT2D eigenvalue weighted by Gasteiger charge is 2.11. The number of oxime groups is 1. The van der Waals surface area contributed by atoms with E-state index in [9.17, 15) is 4.79 Å². The highest BCUT2D eigenvalue weighted by Crippen LogP contribution is 1.92. The van der Waals surface area contributed by atoms with Crippen molar-refractivity contribution >= 4 is 11.7 Å². The van der Waals surface area contributed by atoms with Crippen LogP contribution in [0.15, 0.2) is 23.6 Å². The highest BCUT2D eigenvalue weighted by molar-refractivity contribution is 6.35. The van der Waals surface area contributed by atoms with Gasteiger partial charge in [-0.05, 0) is 6.07 Å². The number of hydrogen-bond acceptors (Lipinski definition) is 5. The van der Waals surface area contributed by atoms with Gasteiger partial charge in [0.25, 0.3) is 0 Å². The molecule has 0 saturated carbocycles. The molecule has 13 heavy (non-hydrogen) atoms. The molecule has 1 heterocycles. The summed E-state index contributed by atoms with van der Waals surface area (Å²) in [7, 11) is 0. The van der Waals surface area contributed by atoms with Gasteiger partial charge in [-0.25, -0.2) is 14.8 Å². The van der Waals surface area contributed by atoms with Gasteiger partial charge in [-0.1, -0.05) is 5.16 Å². The van der Waals surface area contributed by atoms with Crippen molar-refractivity contribution in [1.29, 1.82) is 0 Å². The summed E-state index contributed by atoms with van der Waals surface area (Å²) in [6, 6.07) is 1.61. The van der Waals surface area contributed by atoms with Gasteiger partial charge in [0.15, 0.2) is 5.71 Å². The van der Waals surface area contributed by atoms with E-state index in [0.717, 1.165) is 0 Å². The largest absolute Gasteiger partial charge is 0.477 e. The molecule has 1 aromatic heterocycles. The van der Waals surface area contributed by atoms with Crippen molar-refractivity contribution in [2.24, 2.45) is 5.16 Å². The Morgan fingerprint density at radius 2 is 2.08 bits per heavy atom. The van der Waals surface area contributed by atoms with Crippen molar-refractivity contribution < 1.29 is 15.1 Å². The minimum absolute atomic E-state index is 0.0906. The van der Waals surface area contributed by atoms with Gasteiger partial charge in [0.1, 0.15) is 5.82 Å². The van der Waals surface area contributed by atoms with E-state index in [1.165, 1.54) is 12.4 Å². The second-order valence-corrected chi connectivity index (χ2v) is 2.19. The van der Waals surface area contributed by atoms with Gasteiger partial charge >= 0.3 is 5.97 Å². The molecule has 0 bridgehead atoms. The molecule has 0 unspecified atom stereocenters. The number of rotatable bonds is 3. The second kappa shape index (κ2) is 4.15. The van der Waals surface area contributed by atoms with E-state index in [2.05, 4.69) is 15.1 Å². The zero-order valence-electron chi connectivity index (χ0n) is 6.58. The monoisotopic (exact) mass is 181 g/mol. The molecule has 0 aliphatic heterocycles. The van der Waals surface area contributed by atoms with Gasteiger partial charge in [0, 0.05) is 12.4 Å². The Balaban J connectivity index is 2.74. The summed E-state index contributed by atoms with van der Waals surface area (Å²) in [5, 5.41) is 19.4. The lowest BCUT2D eigenvalue weighted by molar-refractivity contribution is -0.129. The van der Waals surface area contributed by atoms with Crippen LogP contribution in [0.5, 0.6) is 0 Å². The van der Waals surface area contributed by atoms with E-state index in [4.69, 9.17) is 10.3 Å². The molecule has 0 fully saturated rings. The number of nitrogens with zero attached hydrogens (tertiary/aromatic N) is 3. The summed E-state index contributed by atoms with van der Waals surface area (Å²) in [6.45, 7) is 0. The Hall–Kier alpha value is -1.98. The van der Waals surface area contributed by atoms with E-state index in [-0.39, 0.29) is 12.1 Å². The third kappa shape index (κ3) is 2.51. The zero-order valence-corrected chi connectivity index (χ0v) is 6.58. The normalized spacial score (nSPS) is 11.2. The molecule has 0 radical (unpaired) electrons. The molecule has 0 amide bonds. The van der Waals surface area contributed by atoms with Crippen LogP contribution in [-0.2, 0) is 11.2 Å². The fraction of sp³-hybridized carbons (Fsp3) is 0.143. The zero-order chi connectivity index (χ0) is 9.68. The summed E-state index contributed by atoms with van der Waals surface area (Å²) in [5.74, 6) is -0.979. The molecule has 0 saturated heterocycles. The summed E-state index contributed by atoms with van der Waals surface area (Å²) < 4.78 is 0. The van der Waals surface area contributed by atoms with Gasteiger partial charge in [0.05, 0.1) is 6.42 Å². The Morgan fingerprint density at radius 3 is 2.54 bits per heavy atom. The molecule has 0 aliphatic rings. The molecule has 6 nitrogen and oxygen atoms in total. The van der Waals surface area contributed by atoms with E-state index < -0.39 is 5.97 Å². The SMILES string of the molecule is O=C(O)/C(Cc1ncccn1)=N\O. The lowest BCUT2D eigenvalue weighted by Gasteiger charge is -1.96. The maximum absolute atomic E-state index is 10.4. The van der Waals surface area contributed by atoms with Gasteiger partial charge in [-0.15, -0.1) is 0 Å². The first-order chi connectivity index (χ1) is 6.24. The Bertz CT molecular complexity index is 323. The Morgan fingerprint density at radius 1 is 1.46 bits per heavy atom. The lowest BCUT2D eigenvalue weighted by atomic mass is 10.2. The maximum Gasteiger partial charge on any atom is 0.354 e. The number of carboxylic acid groups (broad SMARTS) is 1. The van der Waals surface area contributed by atoms with E-state index in [1.54, 1.807) is 6.07 Å². The van der Waals surface area contributed by atoms with Crippen LogP contribution in [0.3, 0.4) is 0 Å². The van der Waals surface area contributed by atoms with Crippen LogP contribution >= 0.6 is 0 Å². The first kappa shape index (κ1) is 9.11. The average molecular weight is 181 g/mol. The fourth-order valence-corrected chi connectivity index (χ4v) is 0.725. The van der Waals surface area contributed by atoms with Crippen LogP contribution in [-0.4, -0.2) is 32.0 Å². The first-order valence-corrected chi connectivity index (χ1v) is 3.44. The van der Waals surface area contributed by atoms with E-state index in [1.807, 2.05) is 0 Å². The first-order valence-electron chi connectivity index (χ1n) is 3.44. The third-order valence-corrected chi connectivity index (χ3v) is 1.31. The van der Waals surface area contributed by atoms with Crippen LogP contribution in [0.4, 0.5) is 0 Å². The number of carbonyl (C=O) groups is 1. The molecule has 0 aliphatic carbocycles. The van der Waals surface area contributed by atoms with Crippen molar-refractivity contribution in [3.63, 3.8) is 0 Å². The maximum atomic E-state index is 10.4. The number of carboxylic acids is 1. The highest BCUT2D eigenvalue weighted by atomic mass is 16.4.